The molecule has 1 atom stereocenters. The van der Waals surface area contributed by atoms with Crippen molar-refractivity contribution in [2.24, 2.45) is 5.92 Å². The highest BCUT2D eigenvalue weighted by atomic mass is 16.6. The van der Waals surface area contributed by atoms with Gasteiger partial charge >= 0.3 is 6.09 Å². The van der Waals surface area contributed by atoms with Crippen LogP contribution in [0.4, 0.5) is 4.79 Å². The minimum Gasteiger partial charge on any atom is -0.490 e. The SMILES string of the molecule is Cc1ccc(-c2ccc3c(c2)CC(C2CCN(C(=O)OC(C)C)CC2)O3)cc1. The van der Waals surface area contributed by atoms with E-state index in [-0.39, 0.29) is 18.3 Å². The number of rotatable bonds is 3. The zero-order valence-electron chi connectivity index (χ0n) is 17.0. The summed E-state index contributed by atoms with van der Waals surface area (Å²) >= 11 is 0. The lowest BCUT2D eigenvalue weighted by Gasteiger charge is -2.34. The van der Waals surface area contributed by atoms with E-state index in [1.54, 1.807) is 0 Å². The highest BCUT2D eigenvalue weighted by molar-refractivity contribution is 5.68. The summed E-state index contributed by atoms with van der Waals surface area (Å²) < 4.78 is 11.6. The van der Waals surface area contributed by atoms with Gasteiger partial charge in [0.2, 0.25) is 0 Å². The summed E-state index contributed by atoms with van der Waals surface area (Å²) in [4.78, 5) is 13.9. The van der Waals surface area contributed by atoms with Gasteiger partial charge in [0.1, 0.15) is 11.9 Å². The third kappa shape index (κ3) is 4.01. The predicted octanol–water partition coefficient (Wildman–Crippen LogP) is 5.22. The molecule has 148 valence electrons. The lowest BCUT2D eigenvalue weighted by molar-refractivity contribution is 0.0503. The van der Waals surface area contributed by atoms with Crippen molar-refractivity contribution in [2.45, 2.75) is 52.2 Å². The standard InChI is InChI=1S/C24H29NO3/c1-16(2)27-24(26)25-12-10-19(11-13-25)23-15-21-14-20(8-9-22(21)28-23)18-6-4-17(3)5-7-18/h4-9,14,16,19,23H,10-13,15H2,1-3H3. The maximum absolute atomic E-state index is 12.1. The first kappa shape index (κ1) is 18.9. The Morgan fingerprint density at radius 1 is 1.07 bits per heavy atom. The molecule has 2 aromatic carbocycles. The summed E-state index contributed by atoms with van der Waals surface area (Å²) in [6.07, 6.45) is 2.85. The van der Waals surface area contributed by atoms with Crippen molar-refractivity contribution >= 4 is 6.09 Å². The predicted molar refractivity (Wildman–Crippen MR) is 111 cm³/mol. The molecule has 4 nitrogen and oxygen atoms in total. The van der Waals surface area contributed by atoms with Crippen LogP contribution in [0, 0.1) is 12.8 Å². The third-order valence-electron chi connectivity index (χ3n) is 5.80. The van der Waals surface area contributed by atoms with Gasteiger partial charge in [0.15, 0.2) is 0 Å². The Kier molecular flexibility index (Phi) is 5.29. The van der Waals surface area contributed by atoms with Crippen molar-refractivity contribution in [1.29, 1.82) is 0 Å². The molecule has 28 heavy (non-hydrogen) atoms. The van der Waals surface area contributed by atoms with Crippen LogP contribution < -0.4 is 4.74 Å². The van der Waals surface area contributed by atoms with Crippen molar-refractivity contribution in [3.63, 3.8) is 0 Å². The Labute approximate surface area is 167 Å². The average Bonchev–Trinajstić information content (AvgIpc) is 3.11. The maximum Gasteiger partial charge on any atom is 0.410 e. The molecule has 2 heterocycles. The van der Waals surface area contributed by atoms with Gasteiger partial charge in [-0.1, -0.05) is 35.9 Å². The van der Waals surface area contributed by atoms with Crippen molar-refractivity contribution in [3.8, 4) is 16.9 Å². The summed E-state index contributed by atoms with van der Waals surface area (Å²) in [5.74, 6) is 1.50. The van der Waals surface area contributed by atoms with Crippen molar-refractivity contribution in [3.05, 3.63) is 53.6 Å². The van der Waals surface area contributed by atoms with Crippen LogP contribution in [-0.2, 0) is 11.2 Å². The molecule has 2 aliphatic rings. The molecule has 2 aliphatic heterocycles. The number of aryl methyl sites for hydroxylation is 1. The molecule has 0 bridgehead atoms. The van der Waals surface area contributed by atoms with Gasteiger partial charge in [0.25, 0.3) is 0 Å². The minimum atomic E-state index is -0.188. The Balaban J connectivity index is 1.38. The fourth-order valence-electron chi connectivity index (χ4n) is 4.19. The number of nitrogens with zero attached hydrogens (tertiary/aromatic N) is 1. The average molecular weight is 380 g/mol. The Bertz CT molecular complexity index is 835. The Morgan fingerprint density at radius 2 is 1.75 bits per heavy atom. The van der Waals surface area contributed by atoms with Gasteiger partial charge in [-0.25, -0.2) is 4.79 Å². The third-order valence-corrected chi connectivity index (χ3v) is 5.80. The number of carbonyl (C=O) groups is 1. The fourth-order valence-corrected chi connectivity index (χ4v) is 4.19. The van der Waals surface area contributed by atoms with E-state index in [4.69, 9.17) is 9.47 Å². The molecule has 0 spiro atoms. The molecule has 1 amide bonds. The molecule has 1 fully saturated rings. The number of hydrogen-bond acceptors (Lipinski definition) is 3. The Hall–Kier alpha value is -2.49. The van der Waals surface area contributed by atoms with Crippen molar-refractivity contribution < 1.29 is 14.3 Å². The first-order valence-corrected chi connectivity index (χ1v) is 10.3. The summed E-state index contributed by atoms with van der Waals surface area (Å²) in [5.41, 5.74) is 5.06. The largest absolute Gasteiger partial charge is 0.490 e. The molecule has 0 radical (unpaired) electrons. The highest BCUT2D eigenvalue weighted by Crippen LogP contribution is 2.37. The first-order chi connectivity index (χ1) is 13.5. The van der Waals surface area contributed by atoms with Crippen molar-refractivity contribution in [1.82, 2.24) is 4.90 Å². The molecule has 1 unspecified atom stereocenters. The number of fused-ring (bicyclic) bond motifs is 1. The van der Waals surface area contributed by atoms with E-state index in [0.717, 1.165) is 38.1 Å². The van der Waals surface area contributed by atoms with Crippen LogP contribution in [0.1, 0.15) is 37.8 Å². The monoisotopic (exact) mass is 379 g/mol. The summed E-state index contributed by atoms with van der Waals surface area (Å²) in [6.45, 7) is 7.39. The maximum atomic E-state index is 12.1. The molecule has 2 aromatic rings. The summed E-state index contributed by atoms with van der Waals surface area (Å²) in [7, 11) is 0. The number of likely N-dealkylation sites (tertiary alicyclic amines) is 1. The van der Waals surface area contributed by atoms with Gasteiger partial charge in [0.05, 0.1) is 6.10 Å². The number of amides is 1. The molecule has 0 N–H and O–H groups in total. The number of carbonyl (C=O) groups excluding carboxylic acids is 1. The van der Waals surface area contributed by atoms with Crippen LogP contribution in [-0.4, -0.2) is 36.3 Å². The van der Waals surface area contributed by atoms with E-state index < -0.39 is 0 Å². The number of piperidine rings is 1. The molecule has 4 heteroatoms. The molecule has 0 aromatic heterocycles. The Morgan fingerprint density at radius 3 is 2.43 bits per heavy atom. The molecular weight excluding hydrogens is 350 g/mol. The van der Waals surface area contributed by atoms with E-state index in [1.165, 1.54) is 22.3 Å². The van der Waals surface area contributed by atoms with Crippen LogP contribution in [0.25, 0.3) is 11.1 Å². The second kappa shape index (κ2) is 7.86. The molecule has 0 saturated carbocycles. The lowest BCUT2D eigenvalue weighted by atomic mass is 9.88. The minimum absolute atomic E-state index is 0.0689. The van der Waals surface area contributed by atoms with Crippen LogP contribution in [0.15, 0.2) is 42.5 Å². The van der Waals surface area contributed by atoms with Gasteiger partial charge < -0.3 is 14.4 Å². The lowest BCUT2D eigenvalue weighted by Crippen LogP contribution is -2.43. The highest BCUT2D eigenvalue weighted by Gasteiger charge is 2.34. The van der Waals surface area contributed by atoms with E-state index in [1.807, 2.05) is 18.7 Å². The number of hydrogen-bond donors (Lipinski definition) is 0. The molecular formula is C24H29NO3. The van der Waals surface area contributed by atoms with Crippen molar-refractivity contribution in [2.75, 3.05) is 13.1 Å². The quantitative estimate of drug-likeness (QED) is 0.734. The molecule has 4 rings (SSSR count). The smallest absolute Gasteiger partial charge is 0.410 e. The fraction of sp³-hybridized carbons (Fsp3) is 0.458. The second-order valence-electron chi connectivity index (χ2n) is 8.31. The van der Waals surface area contributed by atoms with Crippen LogP contribution in [0.5, 0.6) is 5.75 Å². The van der Waals surface area contributed by atoms with Gasteiger partial charge in [-0.05, 0) is 68.4 Å². The topological polar surface area (TPSA) is 38.8 Å². The van der Waals surface area contributed by atoms with Crippen LogP contribution >= 0.6 is 0 Å². The van der Waals surface area contributed by atoms with E-state index in [2.05, 4.69) is 49.4 Å². The zero-order valence-corrected chi connectivity index (χ0v) is 17.0. The van der Waals surface area contributed by atoms with Gasteiger partial charge in [-0.15, -0.1) is 0 Å². The van der Waals surface area contributed by atoms with Crippen LogP contribution in [0.3, 0.4) is 0 Å². The molecule has 1 saturated heterocycles. The van der Waals surface area contributed by atoms with E-state index in [0.29, 0.717) is 5.92 Å². The number of benzene rings is 2. The van der Waals surface area contributed by atoms with Gasteiger partial charge in [-0.2, -0.15) is 0 Å². The van der Waals surface area contributed by atoms with Crippen LogP contribution in [0.2, 0.25) is 0 Å². The number of ether oxygens (including phenoxy) is 2. The summed E-state index contributed by atoms with van der Waals surface area (Å²) in [6, 6.07) is 15.2. The molecule has 0 aliphatic carbocycles. The second-order valence-corrected chi connectivity index (χ2v) is 8.31. The normalized spacial score (nSPS) is 19.4. The van der Waals surface area contributed by atoms with Gasteiger partial charge in [0, 0.05) is 19.5 Å². The van der Waals surface area contributed by atoms with E-state index >= 15 is 0 Å². The van der Waals surface area contributed by atoms with E-state index in [9.17, 15) is 4.79 Å². The summed E-state index contributed by atoms with van der Waals surface area (Å²) in [5, 5.41) is 0. The van der Waals surface area contributed by atoms with Gasteiger partial charge in [-0.3, -0.25) is 0 Å². The first-order valence-electron chi connectivity index (χ1n) is 10.3. The zero-order chi connectivity index (χ0) is 19.7.